The molecule has 7 rings (SSSR count). The minimum absolute atomic E-state index is 0. The van der Waals surface area contributed by atoms with Gasteiger partial charge in [-0.2, -0.15) is 0 Å². The maximum absolute atomic E-state index is 11.9. The second-order valence-corrected chi connectivity index (χ2v) is 23.6. The van der Waals surface area contributed by atoms with Gasteiger partial charge in [0.05, 0.1) is 5.75 Å². The van der Waals surface area contributed by atoms with Crippen LogP contribution in [0, 0.1) is 22.8 Å². The minimum atomic E-state index is -0.975. The largest absolute Gasteiger partial charge is 0.512 e. The summed E-state index contributed by atoms with van der Waals surface area (Å²) in [7, 11) is -0.975. The number of fused-ring (bicyclic) bond motifs is 5. The van der Waals surface area contributed by atoms with Gasteiger partial charge in [-0.1, -0.05) is 133 Å². The van der Waals surface area contributed by atoms with Crippen molar-refractivity contribution in [3.63, 3.8) is 0 Å². The summed E-state index contributed by atoms with van der Waals surface area (Å²) in [6.07, 6.45) is 10.4. The van der Waals surface area contributed by atoms with Crippen molar-refractivity contribution in [2.75, 3.05) is 0 Å². The Hall–Kier alpha value is -3.31. The number of rotatable bonds is 9. The van der Waals surface area contributed by atoms with Crippen LogP contribution in [0.3, 0.4) is 0 Å². The zero-order valence-corrected chi connectivity index (χ0v) is 38.3. The first kappa shape index (κ1) is 42.8. The Morgan fingerprint density at radius 2 is 1.62 bits per heavy atom. The molecule has 2 aliphatic rings. The summed E-state index contributed by atoms with van der Waals surface area (Å²) in [6.45, 7) is 22.1. The molecule has 6 heteroatoms. The number of carbonyl (C=O) groups is 1. The summed E-state index contributed by atoms with van der Waals surface area (Å²) < 4.78 is 6.89. The van der Waals surface area contributed by atoms with E-state index in [4.69, 9.17) is 9.72 Å². The molecule has 295 valence electrons. The van der Waals surface area contributed by atoms with Gasteiger partial charge in [0, 0.05) is 62.9 Å². The molecule has 1 saturated heterocycles. The van der Waals surface area contributed by atoms with E-state index >= 15 is 0 Å². The molecule has 0 aliphatic carbocycles. The number of aliphatic hydroxyl groups excluding tert-OH is 1. The van der Waals surface area contributed by atoms with Gasteiger partial charge in [0.1, 0.15) is 11.5 Å². The third-order valence-electron chi connectivity index (χ3n) is 12.7. The first-order valence-electron chi connectivity index (χ1n) is 20.6. The molecular weight excluding hydrogens is 871 g/mol. The molecule has 1 radical (unpaired) electrons. The van der Waals surface area contributed by atoms with E-state index < -0.39 is 8.07 Å². The standard InChI is InChI=1S/C35H36NOSi.C14H26O2.Ir/c1-35(2,3)21-30-26-9-7-6-8-24(26)19-29-33-32-28(12-15-36-33)27-11-10-23(22-13-16-38(4,5)17-14-22)18-25(27)20-31(32)37-34(29)30;1-6-11(7-2)12(15)10-13(16)14(5,8-3)9-4;/h6-12,15,18,20,22H,13-14,16-17,21H2,1-5H3;10-11,16H,6-9H2,1-5H3;/q-1;;/b;13-10-;. The number of pyridine rings is 1. The smallest absolute Gasteiger partial charge is 0.162 e. The Balaban J connectivity index is 0.000000292. The van der Waals surface area contributed by atoms with Gasteiger partial charge >= 0.3 is 0 Å². The SMILES string of the molecule is CC(C)(C)Cc1c2c([c-]c3ccccc13)-c1nccc3c1c(cc1cc(C4CC[Si](C)(C)CC4)ccc13)O2.CCC(CC)C(=O)/C=C(\O)C(C)(CC)CC.[Ir]. The topological polar surface area (TPSA) is 59.4 Å². The number of nitrogens with zero attached hydrogens (tertiary/aromatic N) is 1. The maximum atomic E-state index is 11.9. The van der Waals surface area contributed by atoms with Crippen molar-refractivity contribution < 1.29 is 34.7 Å². The molecule has 0 bridgehead atoms. The van der Waals surface area contributed by atoms with Crippen LogP contribution in [0.15, 0.2) is 72.6 Å². The zero-order chi connectivity index (χ0) is 39.0. The quantitative estimate of drug-likeness (QED) is 0.0516. The number of ketones is 1. The van der Waals surface area contributed by atoms with E-state index in [1.54, 1.807) is 0 Å². The second kappa shape index (κ2) is 17.0. The molecule has 1 aromatic heterocycles. The molecule has 0 amide bonds. The predicted molar refractivity (Wildman–Crippen MR) is 232 cm³/mol. The molecule has 4 aromatic carbocycles. The predicted octanol–water partition coefficient (Wildman–Crippen LogP) is 14.5. The minimum Gasteiger partial charge on any atom is -0.512 e. The summed E-state index contributed by atoms with van der Waals surface area (Å²) in [4.78, 5) is 16.8. The summed E-state index contributed by atoms with van der Waals surface area (Å²) in [5, 5.41) is 17.3. The number of hydrogen-bond acceptors (Lipinski definition) is 4. The number of benzene rings is 4. The average Bonchev–Trinajstić information content (AvgIpc) is 3.15. The van der Waals surface area contributed by atoms with Crippen molar-refractivity contribution in [2.45, 2.75) is 131 Å². The number of aromatic nitrogens is 1. The zero-order valence-electron chi connectivity index (χ0n) is 34.9. The van der Waals surface area contributed by atoms with Gasteiger partial charge < -0.3 is 9.84 Å². The number of ether oxygens (including phenoxy) is 1. The van der Waals surface area contributed by atoms with E-state index in [2.05, 4.69) is 94.5 Å². The van der Waals surface area contributed by atoms with Crippen LogP contribution in [0.4, 0.5) is 0 Å². The molecule has 4 nitrogen and oxygen atoms in total. The molecule has 0 unspecified atom stereocenters. The summed E-state index contributed by atoms with van der Waals surface area (Å²) in [5.41, 5.74) is 4.61. The van der Waals surface area contributed by atoms with Crippen LogP contribution in [0.25, 0.3) is 43.6 Å². The Morgan fingerprint density at radius 1 is 0.945 bits per heavy atom. The fourth-order valence-corrected chi connectivity index (χ4v) is 11.0. The van der Waals surface area contributed by atoms with Gasteiger partial charge in [-0.05, 0) is 90.1 Å². The van der Waals surface area contributed by atoms with E-state index in [0.29, 0.717) is 5.92 Å². The van der Waals surface area contributed by atoms with Crippen LogP contribution in [-0.2, 0) is 31.3 Å². The van der Waals surface area contributed by atoms with Crippen molar-refractivity contribution in [3.8, 4) is 22.8 Å². The molecule has 0 atom stereocenters. The molecule has 1 fully saturated rings. The van der Waals surface area contributed by atoms with E-state index in [9.17, 15) is 9.90 Å². The third-order valence-corrected chi connectivity index (χ3v) is 16.0. The first-order valence-corrected chi connectivity index (χ1v) is 24.0. The van der Waals surface area contributed by atoms with Gasteiger partial charge in [-0.3, -0.25) is 9.78 Å². The van der Waals surface area contributed by atoms with Crippen molar-refractivity contribution in [1.29, 1.82) is 0 Å². The fraction of sp³-hybridized carbons (Fsp3) is 0.469. The van der Waals surface area contributed by atoms with E-state index in [0.717, 1.165) is 65.6 Å². The van der Waals surface area contributed by atoms with Gasteiger partial charge in [-0.25, -0.2) is 0 Å². The number of aliphatic hydroxyl groups is 1. The Morgan fingerprint density at radius 3 is 2.25 bits per heavy atom. The molecule has 0 saturated carbocycles. The Bertz CT molecular complexity index is 2200. The van der Waals surface area contributed by atoms with Crippen LogP contribution in [0.5, 0.6) is 11.5 Å². The van der Waals surface area contributed by atoms with Crippen molar-refractivity contribution >= 4 is 46.2 Å². The molecule has 0 spiro atoms. The maximum Gasteiger partial charge on any atom is 0.162 e. The molecule has 55 heavy (non-hydrogen) atoms. The van der Waals surface area contributed by atoms with E-state index in [1.807, 2.05) is 40.8 Å². The number of hydrogen-bond donors (Lipinski definition) is 1. The Labute approximate surface area is 344 Å². The molecule has 2 aliphatic heterocycles. The molecular formula is C49H62IrNO3Si-. The fourth-order valence-electron chi connectivity index (χ4n) is 8.50. The van der Waals surface area contributed by atoms with Crippen LogP contribution in [-0.4, -0.2) is 23.9 Å². The molecule has 5 aromatic rings. The summed E-state index contributed by atoms with van der Waals surface area (Å²) >= 11 is 0. The van der Waals surface area contributed by atoms with Crippen LogP contribution < -0.4 is 4.74 Å². The van der Waals surface area contributed by atoms with E-state index in [1.165, 1.54) is 63.7 Å². The van der Waals surface area contributed by atoms with Crippen LogP contribution >= 0.6 is 0 Å². The monoisotopic (exact) mass is 933 g/mol. The van der Waals surface area contributed by atoms with Gasteiger partial charge in [0.15, 0.2) is 5.78 Å². The number of carbonyl (C=O) groups excluding carboxylic acids is 1. The van der Waals surface area contributed by atoms with Crippen LogP contribution in [0.2, 0.25) is 25.2 Å². The molecule has 3 heterocycles. The second-order valence-electron chi connectivity index (χ2n) is 18.3. The van der Waals surface area contributed by atoms with Crippen molar-refractivity contribution in [3.05, 3.63) is 89.8 Å². The normalized spacial score (nSPS) is 15.7. The summed E-state index contributed by atoms with van der Waals surface area (Å²) in [6, 6.07) is 26.8. The third kappa shape index (κ3) is 8.98. The van der Waals surface area contributed by atoms with Crippen LogP contribution in [0.1, 0.15) is 111 Å². The van der Waals surface area contributed by atoms with Gasteiger partial charge in [0.25, 0.3) is 0 Å². The van der Waals surface area contributed by atoms with Gasteiger partial charge in [0.2, 0.25) is 0 Å². The van der Waals surface area contributed by atoms with Gasteiger partial charge in [-0.15, -0.1) is 17.5 Å². The Kier molecular flexibility index (Phi) is 13.3. The van der Waals surface area contributed by atoms with Crippen molar-refractivity contribution in [2.24, 2.45) is 16.7 Å². The van der Waals surface area contributed by atoms with E-state index in [-0.39, 0.29) is 48.4 Å². The average molecular weight is 933 g/mol. The van der Waals surface area contributed by atoms with Crippen molar-refractivity contribution in [1.82, 2.24) is 4.98 Å². The molecule has 1 N–H and O–H groups in total. The summed E-state index contributed by atoms with van der Waals surface area (Å²) in [5.74, 6) is 2.91. The number of allylic oxidation sites excluding steroid dienone is 2. The first-order chi connectivity index (χ1) is 25.6.